The number of rotatable bonds is 10. The van der Waals surface area contributed by atoms with E-state index >= 15 is 0 Å². The molecular weight excluding hydrogens is 507 g/mol. The van der Waals surface area contributed by atoms with Gasteiger partial charge in [0.1, 0.15) is 0 Å². The predicted molar refractivity (Wildman–Crippen MR) is 134 cm³/mol. The molecule has 3 rings (SSSR count). The van der Waals surface area contributed by atoms with Crippen molar-refractivity contribution in [2.45, 2.75) is 58.3 Å². The molecule has 0 radical (unpaired) electrons. The highest BCUT2D eigenvalue weighted by Gasteiger charge is 2.19. The van der Waals surface area contributed by atoms with Crippen molar-refractivity contribution in [3.63, 3.8) is 0 Å². The normalized spacial score (nSPS) is 17.5. The lowest BCUT2D eigenvalue weighted by molar-refractivity contribution is -0.127. The zero-order chi connectivity index (χ0) is 21.0. The fourth-order valence-electron chi connectivity index (χ4n) is 3.80. The summed E-state index contributed by atoms with van der Waals surface area (Å²) in [6, 6.07) is 8.45. The Hall–Kier alpha value is -1.39. The van der Waals surface area contributed by atoms with Crippen molar-refractivity contribution >= 4 is 35.8 Å². The first-order valence-corrected chi connectivity index (χ1v) is 11.3. The van der Waals surface area contributed by atoms with E-state index in [1.165, 1.54) is 11.1 Å². The summed E-state index contributed by atoms with van der Waals surface area (Å²) in [4.78, 5) is 18.4. The van der Waals surface area contributed by atoms with Crippen LogP contribution >= 0.6 is 24.0 Å². The van der Waals surface area contributed by atoms with Crippen molar-refractivity contribution in [1.29, 1.82) is 0 Å². The Labute approximate surface area is 203 Å². The molecule has 0 spiro atoms. The predicted octanol–water partition coefficient (Wildman–Crippen LogP) is 3.07. The minimum atomic E-state index is 0. The van der Waals surface area contributed by atoms with E-state index in [-0.39, 0.29) is 29.9 Å². The number of carbonyl (C=O) groups excluding carboxylic acids is 1. The molecule has 0 unspecified atom stereocenters. The molecule has 0 saturated carbocycles. The van der Waals surface area contributed by atoms with Crippen molar-refractivity contribution < 1.29 is 14.3 Å². The van der Waals surface area contributed by atoms with Crippen LogP contribution in [-0.2, 0) is 27.4 Å². The zero-order valence-corrected chi connectivity index (χ0v) is 20.9. The molecule has 2 N–H and O–H groups in total. The third kappa shape index (κ3) is 9.33. The van der Waals surface area contributed by atoms with Crippen LogP contribution in [0.15, 0.2) is 29.3 Å². The van der Waals surface area contributed by atoms with Gasteiger partial charge in [0.05, 0.1) is 19.3 Å². The first kappa shape index (κ1) is 25.9. The highest BCUT2D eigenvalue weighted by Crippen LogP contribution is 2.14. The van der Waals surface area contributed by atoms with E-state index in [1.54, 1.807) is 0 Å². The van der Waals surface area contributed by atoms with Crippen molar-refractivity contribution in [2.24, 2.45) is 4.99 Å². The Kier molecular flexibility index (Phi) is 12.2. The number of halogens is 1. The lowest BCUT2D eigenvalue weighted by atomic mass is 10.1. The van der Waals surface area contributed by atoms with Gasteiger partial charge in [-0.1, -0.05) is 24.3 Å². The Morgan fingerprint density at radius 1 is 1.26 bits per heavy atom. The average molecular weight is 544 g/mol. The smallest absolute Gasteiger partial charge is 0.222 e. The van der Waals surface area contributed by atoms with Crippen LogP contribution in [0.5, 0.6) is 0 Å². The quantitative estimate of drug-likeness (QED) is 0.205. The number of likely N-dealkylation sites (tertiary alicyclic amines) is 1. The summed E-state index contributed by atoms with van der Waals surface area (Å²) in [6.07, 6.45) is 4.89. The fourth-order valence-corrected chi connectivity index (χ4v) is 3.80. The lowest BCUT2D eigenvalue weighted by Crippen LogP contribution is -2.39. The molecule has 1 aromatic rings. The second kappa shape index (κ2) is 14.6. The summed E-state index contributed by atoms with van der Waals surface area (Å²) < 4.78 is 11.4. The summed E-state index contributed by atoms with van der Waals surface area (Å²) in [5.41, 5.74) is 2.35. The van der Waals surface area contributed by atoms with E-state index in [9.17, 15) is 4.79 Å². The molecule has 174 valence electrons. The van der Waals surface area contributed by atoms with Crippen LogP contribution in [0.2, 0.25) is 0 Å². The molecule has 7 nitrogen and oxygen atoms in total. The van der Waals surface area contributed by atoms with E-state index in [0.29, 0.717) is 25.7 Å². The molecule has 1 amide bonds. The van der Waals surface area contributed by atoms with E-state index in [0.717, 1.165) is 71.0 Å². The summed E-state index contributed by atoms with van der Waals surface area (Å²) in [5.74, 6) is 1.10. The van der Waals surface area contributed by atoms with Crippen molar-refractivity contribution in [3.8, 4) is 0 Å². The SMILES string of the molecule is CCNC(=NCc1cccc(COC2CCOCC2)c1)NCCCN1CCCC1=O.I. The van der Waals surface area contributed by atoms with E-state index < -0.39 is 0 Å². The third-order valence-corrected chi connectivity index (χ3v) is 5.48. The fraction of sp³-hybridized carbons (Fsp3) is 0.652. The Morgan fingerprint density at radius 3 is 2.81 bits per heavy atom. The minimum Gasteiger partial charge on any atom is -0.381 e. The van der Waals surface area contributed by atoms with Crippen LogP contribution in [0.25, 0.3) is 0 Å². The molecule has 0 aliphatic carbocycles. The number of aliphatic imine (C=N–C) groups is 1. The van der Waals surface area contributed by atoms with Gasteiger partial charge in [-0.2, -0.15) is 0 Å². The Bertz CT molecular complexity index is 695. The molecule has 1 aromatic carbocycles. The maximum absolute atomic E-state index is 11.7. The van der Waals surface area contributed by atoms with E-state index in [2.05, 4.69) is 41.8 Å². The highest BCUT2D eigenvalue weighted by atomic mass is 127. The van der Waals surface area contributed by atoms with Gasteiger partial charge in [-0.05, 0) is 43.7 Å². The van der Waals surface area contributed by atoms with Gasteiger partial charge in [-0.15, -0.1) is 24.0 Å². The van der Waals surface area contributed by atoms with Crippen molar-refractivity contribution in [1.82, 2.24) is 15.5 Å². The van der Waals surface area contributed by atoms with Crippen LogP contribution in [0.4, 0.5) is 0 Å². The van der Waals surface area contributed by atoms with Gasteiger partial charge in [0.15, 0.2) is 5.96 Å². The maximum atomic E-state index is 11.7. The molecule has 0 aromatic heterocycles. The number of nitrogens with zero attached hydrogens (tertiary/aromatic N) is 2. The molecule has 0 bridgehead atoms. The molecule has 2 aliphatic rings. The molecule has 0 atom stereocenters. The van der Waals surface area contributed by atoms with Crippen LogP contribution in [0.1, 0.15) is 50.2 Å². The van der Waals surface area contributed by atoms with Gasteiger partial charge in [-0.25, -0.2) is 4.99 Å². The second-order valence-electron chi connectivity index (χ2n) is 7.90. The molecule has 31 heavy (non-hydrogen) atoms. The average Bonchev–Trinajstić information content (AvgIpc) is 3.19. The monoisotopic (exact) mass is 544 g/mol. The van der Waals surface area contributed by atoms with Gasteiger partial charge in [0, 0.05) is 45.8 Å². The summed E-state index contributed by atoms with van der Waals surface area (Å²) >= 11 is 0. The summed E-state index contributed by atoms with van der Waals surface area (Å²) in [5, 5.41) is 6.67. The number of benzene rings is 1. The lowest BCUT2D eigenvalue weighted by Gasteiger charge is -2.22. The van der Waals surface area contributed by atoms with Gasteiger partial charge in [0.2, 0.25) is 5.91 Å². The van der Waals surface area contributed by atoms with Crippen LogP contribution < -0.4 is 10.6 Å². The minimum absolute atomic E-state index is 0. The van der Waals surface area contributed by atoms with E-state index in [4.69, 9.17) is 14.5 Å². The molecule has 8 heteroatoms. The molecule has 2 heterocycles. The largest absolute Gasteiger partial charge is 0.381 e. The second-order valence-corrected chi connectivity index (χ2v) is 7.90. The van der Waals surface area contributed by atoms with Crippen LogP contribution in [0.3, 0.4) is 0 Å². The van der Waals surface area contributed by atoms with Crippen LogP contribution in [-0.4, -0.2) is 62.3 Å². The van der Waals surface area contributed by atoms with Crippen LogP contribution in [0, 0.1) is 0 Å². The molecular formula is C23H37IN4O3. The molecule has 2 saturated heterocycles. The Morgan fingerprint density at radius 2 is 2.06 bits per heavy atom. The number of ether oxygens (including phenoxy) is 2. The van der Waals surface area contributed by atoms with Gasteiger partial charge >= 0.3 is 0 Å². The van der Waals surface area contributed by atoms with Gasteiger partial charge in [0.25, 0.3) is 0 Å². The third-order valence-electron chi connectivity index (χ3n) is 5.48. The van der Waals surface area contributed by atoms with E-state index in [1.807, 2.05) is 4.90 Å². The maximum Gasteiger partial charge on any atom is 0.222 e. The van der Waals surface area contributed by atoms with Crippen molar-refractivity contribution in [2.75, 3.05) is 39.4 Å². The zero-order valence-electron chi connectivity index (χ0n) is 18.6. The van der Waals surface area contributed by atoms with Gasteiger partial charge in [-0.3, -0.25) is 4.79 Å². The van der Waals surface area contributed by atoms with Crippen molar-refractivity contribution in [3.05, 3.63) is 35.4 Å². The first-order chi connectivity index (χ1) is 14.7. The Balaban J connectivity index is 0.00000341. The highest BCUT2D eigenvalue weighted by molar-refractivity contribution is 14.0. The topological polar surface area (TPSA) is 75.2 Å². The molecule has 2 fully saturated rings. The standard InChI is InChI=1S/C23H36N4O3.HI/c1-2-24-23(25-11-5-13-27-12-4-8-22(27)28)26-17-19-6-3-7-20(16-19)18-30-21-9-14-29-15-10-21;/h3,6-7,16,21H,2,4-5,8-15,17-18H2,1H3,(H2,24,25,26);1H. The number of hydrogen-bond acceptors (Lipinski definition) is 4. The number of guanidine groups is 1. The number of nitrogens with one attached hydrogen (secondary N) is 2. The van der Waals surface area contributed by atoms with Gasteiger partial charge < -0.3 is 25.0 Å². The summed E-state index contributed by atoms with van der Waals surface area (Å²) in [6.45, 7) is 8.25. The number of carbonyl (C=O) groups is 1. The first-order valence-electron chi connectivity index (χ1n) is 11.3. The molecule has 2 aliphatic heterocycles. The summed E-state index contributed by atoms with van der Waals surface area (Å²) in [7, 11) is 0. The number of hydrogen-bond donors (Lipinski definition) is 2. The number of amides is 1.